The first-order valence-corrected chi connectivity index (χ1v) is 10.9. The van der Waals surface area contributed by atoms with Gasteiger partial charge in [0, 0.05) is 12.1 Å². The second kappa shape index (κ2) is 9.67. The maximum Gasteiger partial charge on any atom is 0.284 e. The summed E-state index contributed by atoms with van der Waals surface area (Å²) < 4.78 is 11.7. The van der Waals surface area contributed by atoms with E-state index >= 15 is 0 Å². The SMILES string of the molecule is COc1cccc(C(=O)N(/N=C/c2ccc([N+](=O)[O-])cc2)c2nc3ccc(C)cc3s2)c1OC. The number of methoxy groups -OCH3 is 2. The molecule has 3 aromatic carbocycles. The van der Waals surface area contributed by atoms with Crippen LogP contribution in [0.25, 0.3) is 10.2 Å². The molecule has 10 heteroatoms. The van der Waals surface area contributed by atoms with E-state index in [1.165, 1.54) is 48.9 Å². The monoisotopic (exact) mass is 476 g/mol. The van der Waals surface area contributed by atoms with Crippen LogP contribution >= 0.6 is 11.3 Å². The van der Waals surface area contributed by atoms with Crippen molar-refractivity contribution >= 4 is 44.5 Å². The van der Waals surface area contributed by atoms with Crippen LogP contribution in [0.4, 0.5) is 10.8 Å². The number of hydrogen-bond donors (Lipinski definition) is 0. The molecule has 0 aliphatic rings. The Kier molecular flexibility index (Phi) is 6.51. The van der Waals surface area contributed by atoms with Crippen molar-refractivity contribution in [2.75, 3.05) is 19.2 Å². The molecule has 0 unspecified atom stereocenters. The number of carbonyl (C=O) groups is 1. The normalized spacial score (nSPS) is 11.0. The summed E-state index contributed by atoms with van der Waals surface area (Å²) in [6, 6.07) is 16.7. The molecule has 1 amide bonds. The van der Waals surface area contributed by atoms with Crippen molar-refractivity contribution < 1.29 is 19.2 Å². The molecule has 0 N–H and O–H groups in total. The summed E-state index contributed by atoms with van der Waals surface area (Å²) in [6.07, 6.45) is 1.45. The highest BCUT2D eigenvalue weighted by molar-refractivity contribution is 7.22. The number of hydrazone groups is 1. The van der Waals surface area contributed by atoms with E-state index in [0.29, 0.717) is 16.4 Å². The maximum absolute atomic E-state index is 13.7. The fraction of sp³-hybridized carbons (Fsp3) is 0.125. The number of nitro benzene ring substituents is 1. The van der Waals surface area contributed by atoms with Crippen LogP contribution < -0.4 is 14.5 Å². The Morgan fingerprint density at radius 2 is 1.88 bits per heavy atom. The quantitative estimate of drug-likeness (QED) is 0.206. The molecule has 0 saturated heterocycles. The predicted molar refractivity (Wildman–Crippen MR) is 131 cm³/mol. The Bertz CT molecular complexity index is 1400. The lowest BCUT2D eigenvalue weighted by Crippen LogP contribution is -2.26. The molecule has 0 bridgehead atoms. The molecule has 0 spiro atoms. The fourth-order valence-electron chi connectivity index (χ4n) is 3.28. The van der Waals surface area contributed by atoms with Gasteiger partial charge in [-0.05, 0) is 54.4 Å². The molecule has 0 fully saturated rings. The summed E-state index contributed by atoms with van der Waals surface area (Å²) >= 11 is 1.33. The molecule has 0 aliphatic heterocycles. The van der Waals surface area contributed by atoms with Crippen molar-refractivity contribution in [1.82, 2.24) is 4.98 Å². The number of ether oxygens (including phenoxy) is 2. The molecule has 1 aromatic heterocycles. The summed E-state index contributed by atoms with van der Waals surface area (Å²) in [5.74, 6) is 0.222. The highest BCUT2D eigenvalue weighted by Crippen LogP contribution is 2.35. The van der Waals surface area contributed by atoms with Gasteiger partial charge in [0.25, 0.3) is 11.6 Å². The third kappa shape index (κ3) is 4.57. The van der Waals surface area contributed by atoms with Crippen LogP contribution in [0, 0.1) is 17.0 Å². The van der Waals surface area contributed by atoms with Gasteiger partial charge in [-0.25, -0.2) is 4.98 Å². The zero-order valence-electron chi connectivity index (χ0n) is 18.6. The summed E-state index contributed by atoms with van der Waals surface area (Å²) in [5.41, 5.74) is 2.61. The van der Waals surface area contributed by atoms with Gasteiger partial charge < -0.3 is 9.47 Å². The van der Waals surface area contributed by atoms with Gasteiger partial charge in [0.15, 0.2) is 11.5 Å². The number of para-hydroxylation sites is 1. The molecular formula is C24H20N4O5S. The van der Waals surface area contributed by atoms with E-state index in [-0.39, 0.29) is 17.0 Å². The predicted octanol–water partition coefficient (Wildman–Crippen LogP) is 5.21. The Hall–Kier alpha value is -4.31. The van der Waals surface area contributed by atoms with E-state index in [9.17, 15) is 14.9 Å². The van der Waals surface area contributed by atoms with Gasteiger partial charge >= 0.3 is 0 Å². The number of fused-ring (bicyclic) bond motifs is 1. The summed E-state index contributed by atoms with van der Waals surface area (Å²) in [6.45, 7) is 1.98. The molecule has 0 atom stereocenters. The van der Waals surface area contributed by atoms with Crippen molar-refractivity contribution in [1.29, 1.82) is 0 Å². The lowest BCUT2D eigenvalue weighted by atomic mass is 10.1. The van der Waals surface area contributed by atoms with Crippen LogP contribution in [0.3, 0.4) is 0 Å². The summed E-state index contributed by atoms with van der Waals surface area (Å²) in [5, 5.41) is 16.9. The number of benzene rings is 3. The number of non-ortho nitro benzene ring substituents is 1. The average molecular weight is 477 g/mol. The van der Waals surface area contributed by atoms with E-state index in [0.717, 1.165) is 15.8 Å². The van der Waals surface area contributed by atoms with Crippen LogP contribution in [0.2, 0.25) is 0 Å². The number of hydrogen-bond acceptors (Lipinski definition) is 8. The van der Waals surface area contributed by atoms with Crippen molar-refractivity contribution in [2.45, 2.75) is 6.92 Å². The minimum Gasteiger partial charge on any atom is -0.493 e. The van der Waals surface area contributed by atoms with Crippen LogP contribution in [-0.4, -0.2) is 36.2 Å². The van der Waals surface area contributed by atoms with Crippen LogP contribution in [0.5, 0.6) is 11.5 Å². The van der Waals surface area contributed by atoms with Gasteiger partial charge in [0.05, 0.1) is 41.1 Å². The molecule has 4 aromatic rings. The minimum atomic E-state index is -0.477. The molecule has 172 valence electrons. The molecular weight excluding hydrogens is 456 g/mol. The first kappa shape index (κ1) is 22.9. The van der Waals surface area contributed by atoms with E-state index < -0.39 is 10.8 Å². The Morgan fingerprint density at radius 3 is 2.56 bits per heavy atom. The first-order valence-electron chi connectivity index (χ1n) is 10.1. The maximum atomic E-state index is 13.7. The highest BCUT2D eigenvalue weighted by atomic mass is 32.1. The van der Waals surface area contributed by atoms with Crippen molar-refractivity contribution in [3.05, 3.63) is 87.5 Å². The number of aromatic nitrogens is 1. The Morgan fingerprint density at radius 1 is 1.12 bits per heavy atom. The number of anilines is 1. The number of aryl methyl sites for hydroxylation is 1. The number of amides is 1. The summed E-state index contributed by atoms with van der Waals surface area (Å²) in [4.78, 5) is 28.7. The zero-order valence-corrected chi connectivity index (χ0v) is 19.4. The van der Waals surface area contributed by atoms with Gasteiger partial charge in [-0.3, -0.25) is 14.9 Å². The molecule has 1 heterocycles. The van der Waals surface area contributed by atoms with Crippen LogP contribution in [-0.2, 0) is 0 Å². The molecule has 4 rings (SSSR count). The largest absolute Gasteiger partial charge is 0.493 e. The van der Waals surface area contributed by atoms with Gasteiger partial charge in [0.2, 0.25) is 5.13 Å². The van der Waals surface area contributed by atoms with Gasteiger partial charge in [-0.15, -0.1) is 0 Å². The lowest BCUT2D eigenvalue weighted by molar-refractivity contribution is -0.384. The zero-order chi connectivity index (χ0) is 24.2. The molecule has 34 heavy (non-hydrogen) atoms. The minimum absolute atomic E-state index is 0.0345. The van der Waals surface area contributed by atoms with Gasteiger partial charge in [-0.1, -0.05) is 23.5 Å². The highest BCUT2D eigenvalue weighted by Gasteiger charge is 2.25. The van der Waals surface area contributed by atoms with Gasteiger partial charge in [-0.2, -0.15) is 10.1 Å². The standard InChI is InChI=1S/C24H20N4O5S/c1-15-7-12-19-21(13-15)34-24(26-19)27(25-14-16-8-10-17(11-9-16)28(30)31)23(29)18-5-4-6-20(32-2)22(18)33-3/h4-14H,1-3H3/b25-14+. The third-order valence-electron chi connectivity index (χ3n) is 4.97. The molecule has 0 radical (unpaired) electrons. The van der Waals surface area contributed by atoms with Crippen LogP contribution in [0.15, 0.2) is 65.8 Å². The van der Waals surface area contributed by atoms with Crippen LogP contribution in [0.1, 0.15) is 21.5 Å². The van der Waals surface area contributed by atoms with E-state index in [4.69, 9.17) is 9.47 Å². The van der Waals surface area contributed by atoms with Crippen molar-refractivity contribution in [3.63, 3.8) is 0 Å². The fourth-order valence-corrected chi connectivity index (χ4v) is 4.30. The third-order valence-corrected chi connectivity index (χ3v) is 5.96. The number of nitro groups is 1. The lowest BCUT2D eigenvalue weighted by Gasteiger charge is -2.17. The number of nitrogens with zero attached hydrogens (tertiary/aromatic N) is 4. The van der Waals surface area contributed by atoms with Crippen molar-refractivity contribution in [3.8, 4) is 11.5 Å². The number of carbonyl (C=O) groups excluding carboxylic acids is 1. The van der Waals surface area contributed by atoms with E-state index in [1.807, 2.05) is 25.1 Å². The van der Waals surface area contributed by atoms with Crippen molar-refractivity contribution in [2.24, 2.45) is 5.10 Å². The molecule has 0 aliphatic carbocycles. The van der Waals surface area contributed by atoms with E-state index in [1.54, 1.807) is 30.3 Å². The first-order chi connectivity index (χ1) is 16.4. The van der Waals surface area contributed by atoms with E-state index in [2.05, 4.69) is 10.1 Å². The molecule has 0 saturated carbocycles. The smallest absolute Gasteiger partial charge is 0.284 e. The number of thiazole rings is 1. The summed E-state index contributed by atoms with van der Waals surface area (Å²) in [7, 11) is 2.95. The Balaban J connectivity index is 1.79. The number of rotatable bonds is 7. The Labute approximate surface area is 199 Å². The molecule has 9 nitrogen and oxygen atoms in total. The second-order valence-corrected chi connectivity index (χ2v) is 8.23. The average Bonchev–Trinajstić information content (AvgIpc) is 3.26. The second-order valence-electron chi connectivity index (χ2n) is 7.22. The van der Waals surface area contributed by atoms with Gasteiger partial charge in [0.1, 0.15) is 0 Å². The topological polar surface area (TPSA) is 107 Å².